The smallest absolute Gasteiger partial charge is 0.181 e. The molecule has 0 amide bonds. The van der Waals surface area contributed by atoms with Gasteiger partial charge < -0.3 is 10.6 Å². The molecule has 15 heavy (non-hydrogen) atoms. The first-order valence-corrected chi connectivity index (χ1v) is 4.90. The number of aromatic nitrogens is 3. The number of aromatic amines is 1. The van der Waals surface area contributed by atoms with E-state index >= 15 is 0 Å². The van der Waals surface area contributed by atoms with Crippen molar-refractivity contribution < 1.29 is 0 Å². The zero-order valence-corrected chi connectivity index (χ0v) is 8.99. The fourth-order valence-corrected chi connectivity index (χ4v) is 1.49. The zero-order valence-electron chi connectivity index (χ0n) is 8.99. The molecule has 2 rings (SSSR count). The molecule has 5 heteroatoms. The first kappa shape index (κ1) is 9.92. The number of nitrogens with one attached hydrogen (secondary N) is 1. The van der Waals surface area contributed by atoms with E-state index in [2.05, 4.69) is 20.1 Å². The molecule has 0 saturated heterocycles. The largest absolute Gasteiger partial charge is 0.397 e. The summed E-state index contributed by atoms with van der Waals surface area (Å²) in [5.41, 5.74) is 8.20. The number of anilines is 1. The average Bonchev–Trinajstić information content (AvgIpc) is 2.57. The first-order valence-electron chi connectivity index (χ1n) is 4.90. The topological polar surface area (TPSA) is 70.8 Å². The maximum absolute atomic E-state index is 5.69. The molecule has 0 aromatic carbocycles. The van der Waals surface area contributed by atoms with Gasteiger partial charge in [0, 0.05) is 24.0 Å². The van der Waals surface area contributed by atoms with Gasteiger partial charge in [0.1, 0.15) is 0 Å². The highest BCUT2D eigenvalue weighted by atomic mass is 15.2. The molecule has 2 aromatic heterocycles. The molecule has 0 radical (unpaired) electrons. The third-order valence-corrected chi connectivity index (χ3v) is 2.32. The lowest BCUT2D eigenvalue weighted by Gasteiger charge is -2.07. The number of likely N-dealkylation sites (N-methyl/N-ethyl adjacent to an activating group) is 1. The lowest BCUT2D eigenvalue weighted by molar-refractivity contribution is 0.412. The van der Waals surface area contributed by atoms with Gasteiger partial charge in [-0.1, -0.05) is 0 Å². The van der Waals surface area contributed by atoms with Gasteiger partial charge in [-0.15, -0.1) is 0 Å². The molecule has 0 saturated carbocycles. The predicted molar refractivity (Wildman–Crippen MR) is 60.6 cm³/mol. The van der Waals surface area contributed by atoms with Crippen molar-refractivity contribution in [3.63, 3.8) is 0 Å². The summed E-state index contributed by atoms with van der Waals surface area (Å²) >= 11 is 0. The molecule has 0 aliphatic rings. The van der Waals surface area contributed by atoms with E-state index in [1.54, 1.807) is 6.20 Å². The second-order valence-corrected chi connectivity index (χ2v) is 3.90. The first-order chi connectivity index (χ1) is 7.16. The maximum atomic E-state index is 5.69. The quantitative estimate of drug-likeness (QED) is 0.771. The van der Waals surface area contributed by atoms with Gasteiger partial charge in [-0.05, 0) is 20.2 Å². The molecular weight excluding hydrogens is 190 g/mol. The molecule has 0 unspecified atom stereocenters. The van der Waals surface area contributed by atoms with Crippen LogP contribution in [0.5, 0.6) is 0 Å². The van der Waals surface area contributed by atoms with Crippen LogP contribution in [0.3, 0.4) is 0 Å². The molecule has 2 heterocycles. The zero-order chi connectivity index (χ0) is 10.8. The minimum atomic E-state index is 0.676. The Morgan fingerprint density at radius 2 is 2.27 bits per heavy atom. The summed E-state index contributed by atoms with van der Waals surface area (Å²) in [6.45, 7) is 0.978. The molecule has 0 atom stereocenters. The van der Waals surface area contributed by atoms with Crippen molar-refractivity contribution in [1.82, 2.24) is 20.1 Å². The SMILES string of the molecule is CN(C)CCc1[nH]nc2ncc(N)cc12. The van der Waals surface area contributed by atoms with E-state index < -0.39 is 0 Å². The van der Waals surface area contributed by atoms with E-state index in [-0.39, 0.29) is 0 Å². The number of H-pyrrole nitrogens is 1. The number of nitrogen functional groups attached to an aromatic ring is 1. The third kappa shape index (κ3) is 2.07. The number of nitrogens with two attached hydrogens (primary N) is 1. The molecule has 2 aromatic rings. The second kappa shape index (κ2) is 3.86. The summed E-state index contributed by atoms with van der Waals surface area (Å²) in [4.78, 5) is 6.28. The van der Waals surface area contributed by atoms with Crippen LogP contribution in [0.15, 0.2) is 12.3 Å². The number of rotatable bonds is 3. The summed E-state index contributed by atoms with van der Waals surface area (Å²) in [5, 5.41) is 8.15. The van der Waals surface area contributed by atoms with Crippen molar-refractivity contribution in [3.05, 3.63) is 18.0 Å². The normalized spacial score (nSPS) is 11.4. The third-order valence-electron chi connectivity index (χ3n) is 2.32. The van der Waals surface area contributed by atoms with Crippen LogP contribution in [-0.2, 0) is 6.42 Å². The van der Waals surface area contributed by atoms with Crippen molar-refractivity contribution in [2.45, 2.75) is 6.42 Å². The molecular formula is C10H15N5. The molecule has 0 aliphatic heterocycles. The van der Waals surface area contributed by atoms with Gasteiger partial charge >= 0.3 is 0 Å². The van der Waals surface area contributed by atoms with Crippen molar-refractivity contribution >= 4 is 16.7 Å². The molecule has 0 aliphatic carbocycles. The molecule has 0 bridgehead atoms. The minimum Gasteiger partial charge on any atom is -0.397 e. The summed E-state index contributed by atoms with van der Waals surface area (Å²) in [5.74, 6) is 0. The van der Waals surface area contributed by atoms with E-state index in [4.69, 9.17) is 5.73 Å². The van der Waals surface area contributed by atoms with Crippen LogP contribution < -0.4 is 5.73 Å². The van der Waals surface area contributed by atoms with Gasteiger partial charge in [0.15, 0.2) is 5.65 Å². The predicted octanol–water partition coefficient (Wildman–Crippen LogP) is 0.644. The molecule has 0 fully saturated rings. The van der Waals surface area contributed by atoms with Crippen LogP contribution in [0.4, 0.5) is 5.69 Å². The lowest BCUT2D eigenvalue weighted by atomic mass is 10.2. The standard InChI is InChI=1S/C10H15N5/c1-15(2)4-3-9-8-5-7(11)6-12-10(8)14-13-9/h5-6H,3-4,11H2,1-2H3,(H,12,13,14). The van der Waals surface area contributed by atoms with Gasteiger partial charge in [-0.25, -0.2) is 4.98 Å². The van der Waals surface area contributed by atoms with Gasteiger partial charge in [-0.3, -0.25) is 5.10 Å². The monoisotopic (exact) mass is 205 g/mol. The Morgan fingerprint density at radius 3 is 3.00 bits per heavy atom. The van der Waals surface area contributed by atoms with E-state index in [1.165, 1.54) is 0 Å². The molecule has 5 nitrogen and oxygen atoms in total. The number of hydrogen-bond donors (Lipinski definition) is 2. The average molecular weight is 205 g/mol. The Balaban J connectivity index is 2.31. The van der Waals surface area contributed by atoms with E-state index in [0.29, 0.717) is 5.69 Å². The van der Waals surface area contributed by atoms with Crippen LogP contribution in [-0.4, -0.2) is 40.7 Å². The molecule has 3 N–H and O–H groups in total. The fraction of sp³-hybridized carbons (Fsp3) is 0.400. The minimum absolute atomic E-state index is 0.676. The van der Waals surface area contributed by atoms with Crippen molar-refractivity contribution in [2.75, 3.05) is 26.4 Å². The van der Waals surface area contributed by atoms with Gasteiger partial charge in [-0.2, -0.15) is 5.10 Å². The molecule has 80 valence electrons. The van der Waals surface area contributed by atoms with E-state index in [9.17, 15) is 0 Å². The Kier molecular flexibility index (Phi) is 2.55. The van der Waals surface area contributed by atoms with Crippen LogP contribution in [0.2, 0.25) is 0 Å². The summed E-state index contributed by atoms with van der Waals surface area (Å²) in [6.07, 6.45) is 2.55. The fourth-order valence-electron chi connectivity index (χ4n) is 1.49. The summed E-state index contributed by atoms with van der Waals surface area (Å²) < 4.78 is 0. The number of pyridine rings is 1. The van der Waals surface area contributed by atoms with Crippen molar-refractivity contribution in [3.8, 4) is 0 Å². The van der Waals surface area contributed by atoms with E-state index in [0.717, 1.165) is 29.7 Å². The highest BCUT2D eigenvalue weighted by Gasteiger charge is 2.06. The highest BCUT2D eigenvalue weighted by molar-refractivity contribution is 5.80. The van der Waals surface area contributed by atoms with Gasteiger partial charge in [0.05, 0.1) is 11.9 Å². The van der Waals surface area contributed by atoms with Crippen molar-refractivity contribution in [2.24, 2.45) is 0 Å². The number of nitrogens with zero attached hydrogens (tertiary/aromatic N) is 3. The number of fused-ring (bicyclic) bond motifs is 1. The van der Waals surface area contributed by atoms with Crippen LogP contribution in [0.1, 0.15) is 5.69 Å². The highest BCUT2D eigenvalue weighted by Crippen LogP contribution is 2.16. The molecule has 0 spiro atoms. The summed E-state index contributed by atoms with van der Waals surface area (Å²) in [7, 11) is 4.09. The Bertz CT molecular complexity index is 460. The second-order valence-electron chi connectivity index (χ2n) is 3.90. The number of hydrogen-bond acceptors (Lipinski definition) is 4. The van der Waals surface area contributed by atoms with Gasteiger partial charge in [0.2, 0.25) is 0 Å². The van der Waals surface area contributed by atoms with E-state index in [1.807, 2.05) is 20.2 Å². The van der Waals surface area contributed by atoms with Crippen LogP contribution in [0, 0.1) is 0 Å². The van der Waals surface area contributed by atoms with Crippen molar-refractivity contribution in [1.29, 1.82) is 0 Å². The Labute approximate surface area is 88.3 Å². The van der Waals surface area contributed by atoms with Gasteiger partial charge in [0.25, 0.3) is 0 Å². The Hall–Kier alpha value is -1.62. The Morgan fingerprint density at radius 1 is 1.47 bits per heavy atom. The maximum Gasteiger partial charge on any atom is 0.181 e. The van der Waals surface area contributed by atoms with Crippen LogP contribution >= 0.6 is 0 Å². The van der Waals surface area contributed by atoms with Crippen LogP contribution in [0.25, 0.3) is 11.0 Å². The summed E-state index contributed by atoms with van der Waals surface area (Å²) in [6, 6.07) is 1.91. The lowest BCUT2D eigenvalue weighted by Crippen LogP contribution is -2.15.